The second kappa shape index (κ2) is 5.54. The third-order valence-corrected chi connectivity index (χ3v) is 5.12. The fraction of sp³-hybridized carbons (Fsp3) is 0.400. The van der Waals surface area contributed by atoms with Crippen molar-refractivity contribution in [1.29, 1.82) is 0 Å². The summed E-state index contributed by atoms with van der Waals surface area (Å²) in [5.41, 5.74) is 6.68. The molecule has 3 N–H and O–H groups in total. The van der Waals surface area contributed by atoms with Crippen molar-refractivity contribution in [1.82, 2.24) is 4.90 Å². The highest BCUT2D eigenvalue weighted by atomic mass is 32.1. The minimum absolute atomic E-state index is 0.0493. The van der Waals surface area contributed by atoms with Crippen LogP contribution in [0, 0.1) is 5.92 Å². The fourth-order valence-electron chi connectivity index (χ4n) is 2.78. The van der Waals surface area contributed by atoms with Crippen LogP contribution in [-0.2, 0) is 0 Å². The van der Waals surface area contributed by atoms with Crippen LogP contribution in [0.2, 0.25) is 0 Å². The molecule has 3 rings (SSSR count). The van der Waals surface area contributed by atoms with Crippen molar-refractivity contribution in [2.45, 2.75) is 6.42 Å². The zero-order chi connectivity index (χ0) is 15.0. The number of hydrogen-bond acceptors (Lipinski definition) is 5. The van der Waals surface area contributed by atoms with E-state index in [9.17, 15) is 9.90 Å². The second-order valence-corrected chi connectivity index (χ2v) is 6.32. The Kier molecular flexibility index (Phi) is 3.73. The maximum Gasteiger partial charge on any atom is 0.266 e. The molecule has 5 nitrogen and oxygen atoms in total. The molecule has 1 fully saturated rings. The molecule has 112 valence electrons. The number of ether oxygens (including phenoxy) is 1. The summed E-state index contributed by atoms with van der Waals surface area (Å²) >= 11 is 1.40. The van der Waals surface area contributed by atoms with E-state index in [1.807, 2.05) is 18.2 Å². The lowest BCUT2D eigenvalue weighted by atomic mass is 10.1. The molecule has 1 saturated heterocycles. The van der Waals surface area contributed by atoms with Gasteiger partial charge in [0.05, 0.1) is 18.2 Å². The summed E-state index contributed by atoms with van der Waals surface area (Å²) in [5.74, 6) is 0.820. The van der Waals surface area contributed by atoms with Crippen LogP contribution in [0.3, 0.4) is 0 Å². The molecular formula is C15H18N2O3S. The molecule has 1 aromatic heterocycles. The Labute approximate surface area is 126 Å². The summed E-state index contributed by atoms with van der Waals surface area (Å²) in [6.45, 7) is 1.40. The SMILES string of the molecule is COc1cccc2sc(C(=O)N3CCC(CO)C3)c(N)c12. The average Bonchev–Trinajstić information content (AvgIpc) is 3.11. The molecule has 0 saturated carbocycles. The van der Waals surface area contributed by atoms with Crippen molar-refractivity contribution in [2.24, 2.45) is 5.92 Å². The lowest BCUT2D eigenvalue weighted by Crippen LogP contribution is -2.29. The van der Waals surface area contributed by atoms with E-state index >= 15 is 0 Å². The van der Waals surface area contributed by atoms with Gasteiger partial charge in [0.2, 0.25) is 0 Å². The summed E-state index contributed by atoms with van der Waals surface area (Å²) in [4.78, 5) is 15.0. The van der Waals surface area contributed by atoms with Crippen molar-refractivity contribution in [3.05, 3.63) is 23.1 Å². The predicted molar refractivity (Wildman–Crippen MR) is 83.9 cm³/mol. The minimum atomic E-state index is -0.0493. The number of rotatable bonds is 3. The van der Waals surface area contributed by atoms with Gasteiger partial charge in [0, 0.05) is 30.3 Å². The van der Waals surface area contributed by atoms with Gasteiger partial charge in [0.15, 0.2) is 0 Å². The van der Waals surface area contributed by atoms with Gasteiger partial charge >= 0.3 is 0 Å². The van der Waals surface area contributed by atoms with Crippen LogP contribution >= 0.6 is 11.3 Å². The van der Waals surface area contributed by atoms with Crippen LogP contribution in [0.4, 0.5) is 5.69 Å². The van der Waals surface area contributed by atoms with E-state index in [2.05, 4.69) is 0 Å². The quantitative estimate of drug-likeness (QED) is 0.909. The molecule has 1 amide bonds. The Bertz CT molecular complexity index is 683. The van der Waals surface area contributed by atoms with E-state index in [1.165, 1.54) is 11.3 Å². The van der Waals surface area contributed by atoms with Crippen LogP contribution in [0.5, 0.6) is 5.75 Å². The van der Waals surface area contributed by atoms with Gasteiger partial charge in [-0.3, -0.25) is 4.79 Å². The van der Waals surface area contributed by atoms with Crippen molar-refractivity contribution in [2.75, 3.05) is 32.5 Å². The van der Waals surface area contributed by atoms with E-state index in [-0.39, 0.29) is 18.4 Å². The molecule has 1 aliphatic rings. The monoisotopic (exact) mass is 306 g/mol. The van der Waals surface area contributed by atoms with Crippen LogP contribution in [0.15, 0.2) is 18.2 Å². The number of likely N-dealkylation sites (tertiary alicyclic amines) is 1. The summed E-state index contributed by atoms with van der Waals surface area (Å²) in [7, 11) is 1.60. The lowest BCUT2D eigenvalue weighted by molar-refractivity contribution is 0.0787. The summed E-state index contributed by atoms with van der Waals surface area (Å²) in [6, 6.07) is 5.68. The van der Waals surface area contributed by atoms with E-state index in [0.29, 0.717) is 29.4 Å². The predicted octanol–water partition coefficient (Wildman–Crippen LogP) is 1.95. The number of aliphatic hydroxyl groups is 1. The number of benzene rings is 1. The van der Waals surface area contributed by atoms with Crippen molar-refractivity contribution in [3.63, 3.8) is 0 Å². The minimum Gasteiger partial charge on any atom is -0.496 e. The maximum absolute atomic E-state index is 12.6. The Morgan fingerprint density at radius 2 is 2.38 bits per heavy atom. The number of nitrogens with two attached hydrogens (primary N) is 1. The average molecular weight is 306 g/mol. The number of hydrogen-bond donors (Lipinski definition) is 2. The van der Waals surface area contributed by atoms with Gasteiger partial charge in [-0.05, 0) is 18.6 Å². The summed E-state index contributed by atoms with van der Waals surface area (Å²) in [5, 5.41) is 10.0. The molecule has 1 unspecified atom stereocenters. The van der Waals surface area contributed by atoms with Gasteiger partial charge in [-0.15, -0.1) is 11.3 Å². The van der Waals surface area contributed by atoms with E-state index in [4.69, 9.17) is 10.5 Å². The zero-order valence-corrected chi connectivity index (χ0v) is 12.7. The fourth-order valence-corrected chi connectivity index (χ4v) is 3.89. The van der Waals surface area contributed by atoms with Crippen LogP contribution in [0.25, 0.3) is 10.1 Å². The number of nitrogens with zero attached hydrogens (tertiary/aromatic N) is 1. The van der Waals surface area contributed by atoms with Crippen LogP contribution < -0.4 is 10.5 Å². The first-order valence-corrected chi connectivity index (χ1v) is 7.72. The second-order valence-electron chi connectivity index (χ2n) is 5.27. The largest absolute Gasteiger partial charge is 0.496 e. The number of thiophene rings is 1. The highest BCUT2D eigenvalue weighted by Gasteiger charge is 2.29. The van der Waals surface area contributed by atoms with Gasteiger partial charge < -0.3 is 20.5 Å². The smallest absolute Gasteiger partial charge is 0.266 e. The van der Waals surface area contributed by atoms with Crippen molar-refractivity contribution in [3.8, 4) is 5.75 Å². The Balaban J connectivity index is 1.98. The number of aliphatic hydroxyl groups excluding tert-OH is 1. The molecule has 0 spiro atoms. The molecule has 21 heavy (non-hydrogen) atoms. The topological polar surface area (TPSA) is 75.8 Å². The summed E-state index contributed by atoms with van der Waals surface area (Å²) in [6.07, 6.45) is 0.844. The number of amides is 1. The third kappa shape index (κ3) is 2.34. The maximum atomic E-state index is 12.6. The van der Waals surface area contributed by atoms with Gasteiger partial charge in [-0.1, -0.05) is 6.07 Å². The molecule has 0 aliphatic carbocycles. The first-order valence-electron chi connectivity index (χ1n) is 6.90. The van der Waals surface area contributed by atoms with E-state index in [0.717, 1.165) is 16.5 Å². The third-order valence-electron chi connectivity index (χ3n) is 3.96. The number of fused-ring (bicyclic) bond motifs is 1. The molecule has 1 atom stereocenters. The highest BCUT2D eigenvalue weighted by molar-refractivity contribution is 7.21. The van der Waals surface area contributed by atoms with Gasteiger partial charge in [-0.2, -0.15) is 0 Å². The molecule has 1 aliphatic heterocycles. The Morgan fingerprint density at radius 3 is 3.05 bits per heavy atom. The lowest BCUT2D eigenvalue weighted by Gasteiger charge is -2.15. The number of carbonyl (C=O) groups excluding carboxylic acids is 1. The van der Waals surface area contributed by atoms with Crippen molar-refractivity contribution < 1.29 is 14.6 Å². The van der Waals surface area contributed by atoms with Crippen molar-refractivity contribution >= 4 is 33.0 Å². The molecule has 1 aromatic carbocycles. The molecule has 0 radical (unpaired) electrons. The zero-order valence-electron chi connectivity index (χ0n) is 11.8. The first-order chi connectivity index (χ1) is 10.2. The first kappa shape index (κ1) is 14.2. The Hall–Kier alpha value is -1.79. The van der Waals surface area contributed by atoms with Gasteiger partial charge in [0.1, 0.15) is 10.6 Å². The van der Waals surface area contributed by atoms with Crippen LogP contribution in [-0.4, -0.2) is 42.7 Å². The van der Waals surface area contributed by atoms with Gasteiger partial charge in [-0.25, -0.2) is 0 Å². The molecule has 0 bridgehead atoms. The molecule has 2 heterocycles. The molecule has 6 heteroatoms. The number of methoxy groups -OCH3 is 1. The number of carbonyl (C=O) groups is 1. The summed E-state index contributed by atoms with van der Waals surface area (Å²) < 4.78 is 6.28. The van der Waals surface area contributed by atoms with Crippen LogP contribution in [0.1, 0.15) is 16.1 Å². The number of anilines is 1. The highest BCUT2D eigenvalue weighted by Crippen LogP contribution is 2.40. The number of nitrogen functional groups attached to an aromatic ring is 1. The standard InChI is InChI=1S/C15H18N2O3S/c1-20-10-3-2-4-11-12(10)13(16)14(21-11)15(19)17-6-5-9(7-17)8-18/h2-4,9,18H,5-8,16H2,1H3. The van der Waals surface area contributed by atoms with Gasteiger partial charge in [0.25, 0.3) is 5.91 Å². The molecule has 2 aromatic rings. The Morgan fingerprint density at radius 1 is 1.57 bits per heavy atom. The molecular weight excluding hydrogens is 288 g/mol. The van der Waals surface area contributed by atoms with E-state index < -0.39 is 0 Å². The normalized spacial score (nSPS) is 18.4. The van der Waals surface area contributed by atoms with E-state index in [1.54, 1.807) is 12.0 Å².